The molecule has 130 valence electrons. The fraction of sp³-hybridized carbons (Fsp3) is 0.375. The summed E-state index contributed by atoms with van der Waals surface area (Å²) in [6.07, 6.45) is -2.20. The van der Waals surface area contributed by atoms with Gasteiger partial charge in [-0.15, -0.1) is 0 Å². The van der Waals surface area contributed by atoms with Crippen LogP contribution in [0.4, 0.5) is 24.7 Å². The van der Waals surface area contributed by atoms with Crippen molar-refractivity contribution in [2.75, 3.05) is 19.4 Å². The molecule has 0 spiro atoms. The zero-order valence-electron chi connectivity index (χ0n) is 13.5. The summed E-state index contributed by atoms with van der Waals surface area (Å²) in [5, 5.41) is 5.93. The monoisotopic (exact) mass is 358 g/mol. The molecule has 0 amide bonds. The van der Waals surface area contributed by atoms with Gasteiger partial charge in [0.05, 0.1) is 0 Å². The number of halogens is 4. The smallest absolute Gasteiger partial charge is 0.340 e. The number of anilines is 2. The topological polar surface area (TPSA) is 49.8 Å². The zero-order chi connectivity index (χ0) is 18.0. The lowest BCUT2D eigenvalue weighted by atomic mass is 9.70. The fourth-order valence-electron chi connectivity index (χ4n) is 2.88. The predicted octanol–water partition coefficient (Wildman–Crippen LogP) is 4.28. The minimum atomic E-state index is -4.48. The van der Waals surface area contributed by atoms with Crippen LogP contribution < -0.4 is 10.6 Å². The van der Waals surface area contributed by atoms with Gasteiger partial charge in [-0.2, -0.15) is 13.2 Å². The Balaban J connectivity index is 0.000000647. The van der Waals surface area contributed by atoms with Crippen molar-refractivity contribution in [3.63, 3.8) is 0 Å². The first-order valence-corrected chi connectivity index (χ1v) is 7.72. The lowest BCUT2D eigenvalue weighted by molar-refractivity contribution is -0.179. The van der Waals surface area contributed by atoms with Crippen LogP contribution in [0.1, 0.15) is 24.5 Å². The normalized spacial score (nSPS) is 18.6. The van der Waals surface area contributed by atoms with Crippen LogP contribution in [0.5, 0.6) is 0 Å². The molecule has 24 heavy (non-hydrogen) atoms. The maximum absolute atomic E-state index is 14.0. The molecule has 1 unspecified atom stereocenters. The molecule has 4 nitrogen and oxygen atoms in total. The van der Waals surface area contributed by atoms with Crippen molar-refractivity contribution in [2.45, 2.75) is 24.9 Å². The molecule has 0 saturated heterocycles. The number of benzene rings is 1. The van der Waals surface area contributed by atoms with Crippen molar-refractivity contribution >= 4 is 23.1 Å². The summed E-state index contributed by atoms with van der Waals surface area (Å²) in [6.45, 7) is 1.50. The van der Waals surface area contributed by atoms with E-state index < -0.39 is 11.6 Å². The third-order valence-corrected chi connectivity index (χ3v) is 4.12. The van der Waals surface area contributed by atoms with E-state index in [0.29, 0.717) is 5.69 Å². The van der Waals surface area contributed by atoms with Gasteiger partial charge in [-0.1, -0.05) is 18.5 Å². The quantitative estimate of drug-likeness (QED) is 0.798. The van der Waals surface area contributed by atoms with Gasteiger partial charge in [0, 0.05) is 22.5 Å². The number of nitrogens with zero attached hydrogens (tertiary/aromatic N) is 2. The maximum atomic E-state index is 14.0. The first-order valence-electron chi connectivity index (χ1n) is 7.34. The molecule has 0 bridgehead atoms. The van der Waals surface area contributed by atoms with E-state index in [1.807, 2.05) is 14.1 Å². The Kier molecular flexibility index (Phi) is 5.35. The van der Waals surface area contributed by atoms with Crippen molar-refractivity contribution in [2.24, 2.45) is 0 Å². The molecular formula is C16H18ClF3N4. The maximum Gasteiger partial charge on any atom is 0.402 e. The van der Waals surface area contributed by atoms with Crippen molar-refractivity contribution in [3.05, 3.63) is 46.9 Å². The number of nitrogens with one attached hydrogen (secondary N) is 2. The van der Waals surface area contributed by atoms with Crippen LogP contribution in [0, 0.1) is 0 Å². The van der Waals surface area contributed by atoms with Crippen molar-refractivity contribution in [3.8, 4) is 0 Å². The molecular weight excluding hydrogens is 341 g/mol. The number of rotatable bonds is 1. The van der Waals surface area contributed by atoms with Gasteiger partial charge in [-0.05, 0) is 44.3 Å². The summed E-state index contributed by atoms with van der Waals surface area (Å²) in [5.41, 5.74) is -1.67. The Labute approximate surface area is 143 Å². The second-order valence-corrected chi connectivity index (χ2v) is 5.79. The molecule has 0 saturated carbocycles. The largest absolute Gasteiger partial charge is 0.402 e. The van der Waals surface area contributed by atoms with Gasteiger partial charge in [-0.3, -0.25) is 0 Å². The Morgan fingerprint density at radius 1 is 1.25 bits per heavy atom. The molecule has 0 radical (unpaired) electrons. The molecule has 2 N–H and O–H groups in total. The van der Waals surface area contributed by atoms with Gasteiger partial charge in [0.15, 0.2) is 0 Å². The number of aromatic nitrogens is 2. The first kappa shape index (κ1) is 18.5. The van der Waals surface area contributed by atoms with Gasteiger partial charge in [0.1, 0.15) is 17.6 Å². The fourth-order valence-corrected chi connectivity index (χ4v) is 3.05. The molecule has 1 atom stereocenters. The second-order valence-electron chi connectivity index (χ2n) is 5.36. The Hall–Kier alpha value is -1.86. The van der Waals surface area contributed by atoms with Crippen LogP contribution in [0.15, 0.2) is 30.7 Å². The highest BCUT2D eigenvalue weighted by Gasteiger charge is 2.59. The molecule has 1 aromatic carbocycles. The average Bonchev–Trinajstić information content (AvgIpc) is 2.52. The molecule has 3 rings (SSSR count). The summed E-state index contributed by atoms with van der Waals surface area (Å²) >= 11 is 5.91. The van der Waals surface area contributed by atoms with E-state index in [1.165, 1.54) is 25.5 Å². The van der Waals surface area contributed by atoms with Crippen LogP contribution in [-0.4, -0.2) is 30.2 Å². The lowest BCUT2D eigenvalue weighted by Gasteiger charge is -2.40. The molecule has 0 aliphatic carbocycles. The Bertz CT molecular complexity index is 721. The molecule has 1 aliphatic heterocycles. The third-order valence-electron chi connectivity index (χ3n) is 3.88. The molecule has 1 aromatic heterocycles. The third kappa shape index (κ3) is 2.93. The molecule has 1 aliphatic rings. The van der Waals surface area contributed by atoms with E-state index in [2.05, 4.69) is 20.6 Å². The lowest BCUT2D eigenvalue weighted by Crippen LogP contribution is -2.45. The van der Waals surface area contributed by atoms with Crippen LogP contribution in [0.25, 0.3) is 0 Å². The summed E-state index contributed by atoms with van der Waals surface area (Å²) in [6, 6.07) is 4.45. The van der Waals surface area contributed by atoms with Crippen LogP contribution in [0.3, 0.4) is 0 Å². The van der Waals surface area contributed by atoms with Gasteiger partial charge in [0.25, 0.3) is 0 Å². The molecule has 0 fully saturated rings. The van der Waals surface area contributed by atoms with Crippen molar-refractivity contribution in [1.82, 2.24) is 15.3 Å². The van der Waals surface area contributed by atoms with E-state index in [9.17, 15) is 13.2 Å². The van der Waals surface area contributed by atoms with Crippen molar-refractivity contribution in [1.29, 1.82) is 0 Å². The number of hydrogen-bond donors (Lipinski definition) is 2. The van der Waals surface area contributed by atoms with E-state index in [0.717, 1.165) is 0 Å². The minimum absolute atomic E-state index is 0.0229. The minimum Gasteiger partial charge on any atom is -0.340 e. The van der Waals surface area contributed by atoms with E-state index in [-0.39, 0.29) is 28.4 Å². The number of hydrogen-bond acceptors (Lipinski definition) is 4. The summed E-state index contributed by atoms with van der Waals surface area (Å²) < 4.78 is 41.9. The summed E-state index contributed by atoms with van der Waals surface area (Å²) in [5.74, 6) is 0.180. The van der Waals surface area contributed by atoms with Gasteiger partial charge in [0.2, 0.25) is 0 Å². The number of alkyl halides is 3. The van der Waals surface area contributed by atoms with E-state index in [1.54, 1.807) is 12.1 Å². The number of fused-ring (bicyclic) bond motifs is 2. The SMILES string of the molecule is CCC1(C(F)(F)F)c2cc(Cl)ccc2Nc2ncncc21.CNC. The standard InChI is InChI=1S/C14H11ClF3N3.C2H7N/c1-2-13(14(16,17)18)9-5-8(15)3-4-11(9)21-12-10(13)6-19-7-20-12;1-3-2/h3-7H,2H2,1H3,(H,19,20,21);3H,1-2H3. The summed E-state index contributed by atoms with van der Waals surface area (Å²) in [7, 11) is 3.75. The second kappa shape index (κ2) is 6.94. The zero-order valence-corrected chi connectivity index (χ0v) is 14.3. The average molecular weight is 359 g/mol. The predicted molar refractivity (Wildman–Crippen MR) is 88.9 cm³/mol. The summed E-state index contributed by atoms with van der Waals surface area (Å²) in [4.78, 5) is 7.71. The molecule has 2 heterocycles. The highest BCUT2D eigenvalue weighted by Crippen LogP contribution is 2.55. The van der Waals surface area contributed by atoms with Gasteiger partial charge < -0.3 is 10.6 Å². The van der Waals surface area contributed by atoms with Crippen LogP contribution in [0.2, 0.25) is 5.02 Å². The molecule has 8 heteroatoms. The highest BCUT2D eigenvalue weighted by atomic mass is 35.5. The van der Waals surface area contributed by atoms with Crippen molar-refractivity contribution < 1.29 is 13.2 Å². The van der Waals surface area contributed by atoms with Crippen LogP contribution in [-0.2, 0) is 5.41 Å². The van der Waals surface area contributed by atoms with Gasteiger partial charge in [-0.25, -0.2) is 9.97 Å². The Morgan fingerprint density at radius 3 is 2.50 bits per heavy atom. The molecule has 2 aromatic rings. The highest BCUT2D eigenvalue weighted by molar-refractivity contribution is 6.30. The van der Waals surface area contributed by atoms with Crippen LogP contribution >= 0.6 is 11.6 Å². The van der Waals surface area contributed by atoms with E-state index in [4.69, 9.17) is 11.6 Å². The van der Waals surface area contributed by atoms with E-state index >= 15 is 0 Å². The Morgan fingerprint density at radius 2 is 1.92 bits per heavy atom. The van der Waals surface area contributed by atoms with Gasteiger partial charge >= 0.3 is 6.18 Å². The first-order chi connectivity index (χ1) is 11.3.